The zero-order valence-electron chi connectivity index (χ0n) is 16.5. The van der Waals surface area contributed by atoms with Crippen LogP contribution in [0.15, 0.2) is 75.1 Å². The van der Waals surface area contributed by atoms with Crippen LogP contribution < -0.4 is 14.9 Å². The van der Waals surface area contributed by atoms with E-state index in [9.17, 15) is 23.6 Å². The van der Waals surface area contributed by atoms with E-state index in [4.69, 9.17) is 4.74 Å². The topological polar surface area (TPSA) is 143 Å². The fourth-order valence-corrected chi connectivity index (χ4v) is 4.18. The van der Waals surface area contributed by atoms with Gasteiger partial charge in [-0.15, -0.1) is 0 Å². The molecule has 3 aromatic rings. The Morgan fingerprint density at radius 2 is 1.88 bits per heavy atom. The number of ether oxygens (including phenoxy) is 1. The molecule has 0 radical (unpaired) electrons. The number of rotatable bonds is 8. The van der Waals surface area contributed by atoms with E-state index in [0.717, 1.165) is 6.07 Å². The first-order valence-corrected chi connectivity index (χ1v) is 11.2. The second-order valence-electron chi connectivity index (χ2n) is 6.33. The number of para-hydroxylation sites is 1. The highest BCUT2D eigenvalue weighted by Gasteiger charge is 2.21. The van der Waals surface area contributed by atoms with Crippen LogP contribution in [0.5, 0.6) is 11.5 Å². The lowest BCUT2D eigenvalue weighted by Crippen LogP contribution is -2.13. The number of nitrogens with zero attached hydrogens (tertiary/aromatic N) is 2. The van der Waals surface area contributed by atoms with Crippen LogP contribution in [0.4, 0.5) is 17.1 Å². The monoisotopic (exact) mass is 520 g/mol. The number of nitro groups is 1. The second kappa shape index (κ2) is 9.66. The zero-order chi connectivity index (χ0) is 23.3. The smallest absolute Gasteiger partial charge is 0.295 e. The van der Waals surface area contributed by atoms with Gasteiger partial charge in [0.25, 0.3) is 15.7 Å². The molecule has 3 N–H and O–H groups in total. The molecule has 0 aromatic heterocycles. The molecule has 12 heteroatoms. The summed E-state index contributed by atoms with van der Waals surface area (Å²) in [6.07, 6.45) is 1.36. The standard InChI is InChI=1S/C20H17BrN4O6S/c1-31-19-10-13(9-16(21)20(19)26)12-22-23-17-8-7-15(11-18(17)25(27)28)32(29,30)24-14-5-3-2-4-6-14/h2-12,23-24,26H,1H3/b22-12+. The fourth-order valence-electron chi connectivity index (χ4n) is 2.64. The Labute approximate surface area is 191 Å². The van der Waals surface area contributed by atoms with Crippen LogP contribution in [0.1, 0.15) is 5.56 Å². The normalized spacial score (nSPS) is 11.3. The largest absolute Gasteiger partial charge is 0.503 e. The van der Waals surface area contributed by atoms with Crippen LogP contribution >= 0.6 is 15.9 Å². The highest BCUT2D eigenvalue weighted by Crippen LogP contribution is 2.35. The highest BCUT2D eigenvalue weighted by molar-refractivity contribution is 9.10. The number of anilines is 2. The van der Waals surface area contributed by atoms with Crippen molar-refractivity contribution < 1.29 is 23.2 Å². The van der Waals surface area contributed by atoms with E-state index in [1.165, 1.54) is 31.5 Å². The maximum absolute atomic E-state index is 12.6. The van der Waals surface area contributed by atoms with Gasteiger partial charge in [-0.1, -0.05) is 18.2 Å². The first kappa shape index (κ1) is 23.0. The number of nitrogens with one attached hydrogen (secondary N) is 2. The van der Waals surface area contributed by atoms with Crippen LogP contribution in [0.2, 0.25) is 0 Å². The Morgan fingerprint density at radius 1 is 1.16 bits per heavy atom. The molecule has 0 heterocycles. The molecule has 0 atom stereocenters. The second-order valence-corrected chi connectivity index (χ2v) is 8.87. The van der Waals surface area contributed by atoms with Gasteiger partial charge in [0.2, 0.25) is 0 Å². The van der Waals surface area contributed by atoms with Crippen molar-refractivity contribution in [3.05, 3.63) is 80.8 Å². The molecule has 0 unspecified atom stereocenters. The SMILES string of the molecule is COc1cc(/C=N/Nc2ccc(S(=O)(=O)Nc3ccccc3)cc2[N+](=O)[O-])cc(Br)c1O. The van der Waals surface area contributed by atoms with E-state index in [-0.39, 0.29) is 22.1 Å². The molecule has 166 valence electrons. The summed E-state index contributed by atoms with van der Waals surface area (Å²) < 4.78 is 33.0. The van der Waals surface area contributed by atoms with Crippen molar-refractivity contribution in [3.63, 3.8) is 0 Å². The quantitative estimate of drug-likeness (QED) is 0.228. The van der Waals surface area contributed by atoms with Gasteiger partial charge in [0.1, 0.15) is 5.69 Å². The molecular formula is C20H17BrN4O6S. The van der Waals surface area contributed by atoms with Crippen LogP contribution in [-0.4, -0.2) is 31.8 Å². The zero-order valence-corrected chi connectivity index (χ0v) is 18.9. The van der Waals surface area contributed by atoms with Gasteiger partial charge in [0, 0.05) is 11.8 Å². The molecule has 0 amide bonds. The first-order chi connectivity index (χ1) is 15.2. The summed E-state index contributed by atoms with van der Waals surface area (Å²) in [5, 5.41) is 25.3. The summed E-state index contributed by atoms with van der Waals surface area (Å²) in [6, 6.07) is 14.7. The van der Waals surface area contributed by atoms with Crippen LogP contribution in [0.25, 0.3) is 0 Å². The molecule has 0 aliphatic rings. The number of benzene rings is 3. The van der Waals surface area contributed by atoms with Crippen molar-refractivity contribution in [2.24, 2.45) is 5.10 Å². The third-order valence-corrected chi connectivity index (χ3v) is 6.15. The fraction of sp³-hybridized carbons (Fsp3) is 0.0500. The number of hydrogen-bond donors (Lipinski definition) is 3. The number of phenolic OH excluding ortho intramolecular Hbond substituents is 1. The van der Waals surface area contributed by atoms with Crippen LogP contribution in [-0.2, 0) is 10.0 Å². The molecule has 3 rings (SSSR count). The number of methoxy groups -OCH3 is 1. The van der Waals surface area contributed by atoms with Crippen LogP contribution in [0.3, 0.4) is 0 Å². The number of phenols is 1. The highest BCUT2D eigenvalue weighted by atomic mass is 79.9. The molecule has 0 spiro atoms. The molecule has 32 heavy (non-hydrogen) atoms. The van der Waals surface area contributed by atoms with Gasteiger partial charge in [0.15, 0.2) is 11.5 Å². The summed E-state index contributed by atoms with van der Waals surface area (Å²) in [7, 11) is -2.63. The van der Waals surface area contributed by atoms with Gasteiger partial charge >= 0.3 is 0 Å². The molecule has 10 nitrogen and oxygen atoms in total. The Bertz CT molecular complexity index is 1280. The lowest BCUT2D eigenvalue weighted by molar-refractivity contribution is -0.384. The van der Waals surface area contributed by atoms with Crippen molar-refractivity contribution in [3.8, 4) is 11.5 Å². The van der Waals surface area contributed by atoms with E-state index >= 15 is 0 Å². The van der Waals surface area contributed by atoms with Gasteiger partial charge in [-0.3, -0.25) is 20.3 Å². The van der Waals surface area contributed by atoms with Crippen molar-refractivity contribution in [1.29, 1.82) is 0 Å². The van der Waals surface area contributed by atoms with E-state index in [2.05, 4.69) is 31.2 Å². The lowest BCUT2D eigenvalue weighted by atomic mass is 10.2. The summed E-state index contributed by atoms with van der Waals surface area (Å²) in [5.74, 6) is 0.140. The Hall–Kier alpha value is -3.64. The van der Waals surface area contributed by atoms with Gasteiger partial charge in [-0.25, -0.2) is 8.42 Å². The molecule has 0 aliphatic carbocycles. The predicted molar refractivity (Wildman–Crippen MR) is 124 cm³/mol. The average Bonchev–Trinajstić information content (AvgIpc) is 2.76. The molecule has 0 saturated carbocycles. The Morgan fingerprint density at radius 3 is 2.53 bits per heavy atom. The Balaban J connectivity index is 1.85. The maximum atomic E-state index is 12.6. The van der Waals surface area contributed by atoms with E-state index < -0.39 is 20.6 Å². The van der Waals surface area contributed by atoms with Crippen molar-refractivity contribution in [2.75, 3.05) is 17.3 Å². The van der Waals surface area contributed by atoms with E-state index in [1.54, 1.807) is 36.4 Å². The third-order valence-electron chi connectivity index (χ3n) is 4.17. The molecular weight excluding hydrogens is 504 g/mol. The minimum absolute atomic E-state index is 0.00489. The van der Waals surface area contributed by atoms with Gasteiger partial charge in [-0.05, 0) is 57.9 Å². The first-order valence-electron chi connectivity index (χ1n) is 8.93. The third kappa shape index (κ3) is 5.34. The molecule has 0 fully saturated rings. The number of hydrogen-bond acceptors (Lipinski definition) is 8. The molecule has 0 aliphatic heterocycles. The number of nitro benzene ring substituents is 1. The number of halogens is 1. The van der Waals surface area contributed by atoms with Crippen molar-refractivity contribution in [2.45, 2.75) is 4.90 Å². The summed E-state index contributed by atoms with van der Waals surface area (Å²) in [4.78, 5) is 10.5. The lowest BCUT2D eigenvalue weighted by Gasteiger charge is -2.09. The van der Waals surface area contributed by atoms with E-state index in [1.807, 2.05) is 0 Å². The molecule has 0 saturated heterocycles. The number of aromatic hydroxyl groups is 1. The number of hydrazone groups is 1. The maximum Gasteiger partial charge on any atom is 0.295 e. The van der Waals surface area contributed by atoms with Gasteiger partial charge < -0.3 is 9.84 Å². The van der Waals surface area contributed by atoms with Gasteiger partial charge in [-0.2, -0.15) is 5.10 Å². The van der Waals surface area contributed by atoms with Crippen molar-refractivity contribution >= 4 is 49.2 Å². The van der Waals surface area contributed by atoms with Crippen molar-refractivity contribution in [1.82, 2.24) is 0 Å². The van der Waals surface area contributed by atoms with E-state index in [0.29, 0.717) is 15.7 Å². The predicted octanol–water partition coefficient (Wildman–Crippen LogP) is 4.32. The molecule has 0 bridgehead atoms. The summed E-state index contributed by atoms with van der Waals surface area (Å²) >= 11 is 3.19. The summed E-state index contributed by atoms with van der Waals surface area (Å²) in [6.45, 7) is 0. The average molecular weight is 521 g/mol. The van der Waals surface area contributed by atoms with Gasteiger partial charge in [0.05, 0.1) is 27.6 Å². The minimum Gasteiger partial charge on any atom is -0.503 e. The minimum atomic E-state index is -4.03. The van der Waals surface area contributed by atoms with Crippen LogP contribution in [0, 0.1) is 10.1 Å². The summed E-state index contributed by atoms with van der Waals surface area (Å²) in [5.41, 5.74) is 2.93. The Kier molecular flexibility index (Phi) is 6.95. The molecule has 3 aromatic carbocycles. The number of sulfonamides is 1.